The first-order valence-corrected chi connectivity index (χ1v) is 9.91. The number of carbonyl (C=O) groups is 1. The van der Waals surface area contributed by atoms with Gasteiger partial charge in [0.25, 0.3) is 15.9 Å². The van der Waals surface area contributed by atoms with Crippen LogP contribution in [0.25, 0.3) is 0 Å². The van der Waals surface area contributed by atoms with Gasteiger partial charge in [-0.15, -0.1) is 0 Å². The van der Waals surface area contributed by atoms with E-state index in [9.17, 15) is 13.2 Å². The molecule has 2 aromatic carbocycles. The summed E-state index contributed by atoms with van der Waals surface area (Å²) in [6, 6.07) is 11.1. The highest BCUT2D eigenvalue weighted by Crippen LogP contribution is 2.23. The number of hydrogen-bond acceptors (Lipinski definition) is 3. The van der Waals surface area contributed by atoms with Crippen LogP contribution in [0.4, 0.5) is 5.69 Å². The van der Waals surface area contributed by atoms with Gasteiger partial charge in [-0.3, -0.25) is 9.52 Å². The van der Waals surface area contributed by atoms with Crippen LogP contribution in [0.3, 0.4) is 0 Å². The molecule has 0 aliphatic carbocycles. The summed E-state index contributed by atoms with van der Waals surface area (Å²) in [5.74, 6) is -0.0723. The predicted molar refractivity (Wildman–Crippen MR) is 98.6 cm³/mol. The molecule has 1 aliphatic rings. The van der Waals surface area contributed by atoms with Gasteiger partial charge < -0.3 is 4.90 Å². The van der Waals surface area contributed by atoms with Crippen molar-refractivity contribution >= 4 is 33.2 Å². The normalized spacial score (nSPS) is 14.6. The molecule has 5 nitrogen and oxygen atoms in total. The van der Waals surface area contributed by atoms with Crippen molar-refractivity contribution in [3.63, 3.8) is 0 Å². The molecule has 1 N–H and O–H groups in total. The lowest BCUT2D eigenvalue weighted by Crippen LogP contribution is -2.27. The minimum Gasteiger partial charge on any atom is -0.339 e. The average Bonchev–Trinajstić information content (AvgIpc) is 3.11. The van der Waals surface area contributed by atoms with Crippen LogP contribution in [-0.4, -0.2) is 32.3 Å². The van der Waals surface area contributed by atoms with E-state index in [0.717, 1.165) is 31.5 Å². The molecule has 1 heterocycles. The first-order chi connectivity index (χ1) is 11.9. The maximum atomic E-state index is 12.5. The second-order valence-corrected chi connectivity index (χ2v) is 8.19. The molecule has 0 aromatic heterocycles. The van der Waals surface area contributed by atoms with Crippen LogP contribution in [0, 0.1) is 6.92 Å². The Labute approximate surface area is 152 Å². The van der Waals surface area contributed by atoms with Crippen LogP contribution in [0.1, 0.15) is 28.8 Å². The fraction of sp³-hybridized carbons (Fsp3) is 0.278. The molecular formula is C18H19ClN2O3S. The first-order valence-electron chi connectivity index (χ1n) is 8.05. The lowest BCUT2D eigenvalue weighted by molar-refractivity contribution is 0.0793. The van der Waals surface area contributed by atoms with Crippen LogP contribution in [0.5, 0.6) is 0 Å². The third-order valence-electron chi connectivity index (χ3n) is 4.21. The van der Waals surface area contributed by atoms with Crippen molar-refractivity contribution in [2.24, 2.45) is 0 Å². The molecule has 1 fully saturated rings. The SMILES string of the molecule is Cc1ccc(S(=O)(=O)Nc2cccc(C(=O)N3CCCC3)c2)cc1Cl. The van der Waals surface area contributed by atoms with Crippen LogP contribution in [0.15, 0.2) is 47.4 Å². The number of nitrogens with zero attached hydrogens (tertiary/aromatic N) is 1. The van der Waals surface area contributed by atoms with Crippen molar-refractivity contribution in [1.29, 1.82) is 0 Å². The molecule has 3 rings (SSSR count). The Morgan fingerprint density at radius 3 is 2.52 bits per heavy atom. The van der Waals surface area contributed by atoms with Crippen molar-refractivity contribution in [1.82, 2.24) is 4.90 Å². The number of hydrogen-bond donors (Lipinski definition) is 1. The van der Waals surface area contributed by atoms with Gasteiger partial charge >= 0.3 is 0 Å². The second-order valence-electron chi connectivity index (χ2n) is 6.10. The summed E-state index contributed by atoms with van der Waals surface area (Å²) in [5, 5.41) is 0.390. The van der Waals surface area contributed by atoms with Gasteiger partial charge in [-0.2, -0.15) is 0 Å². The van der Waals surface area contributed by atoms with Crippen molar-refractivity contribution in [2.45, 2.75) is 24.7 Å². The lowest BCUT2D eigenvalue weighted by atomic mass is 10.2. The summed E-state index contributed by atoms with van der Waals surface area (Å²) in [5.41, 5.74) is 1.63. The summed E-state index contributed by atoms with van der Waals surface area (Å²) < 4.78 is 27.6. The van der Waals surface area contributed by atoms with Gasteiger partial charge in [-0.05, 0) is 55.7 Å². The Hall–Kier alpha value is -2.05. The summed E-state index contributed by atoms with van der Waals surface area (Å²) in [6.45, 7) is 3.30. The van der Waals surface area contributed by atoms with E-state index >= 15 is 0 Å². The first kappa shape index (κ1) is 17.8. The second kappa shape index (κ2) is 7.06. The zero-order valence-corrected chi connectivity index (χ0v) is 15.4. The van der Waals surface area contributed by atoms with E-state index in [2.05, 4.69) is 4.72 Å². The Balaban J connectivity index is 1.83. The zero-order chi connectivity index (χ0) is 18.0. The maximum Gasteiger partial charge on any atom is 0.261 e. The average molecular weight is 379 g/mol. The highest BCUT2D eigenvalue weighted by molar-refractivity contribution is 7.92. The molecule has 1 aliphatic heterocycles. The number of anilines is 1. The molecular weight excluding hydrogens is 360 g/mol. The number of likely N-dealkylation sites (tertiary alicyclic amines) is 1. The number of carbonyl (C=O) groups excluding carboxylic acids is 1. The molecule has 0 bridgehead atoms. The van der Waals surface area contributed by atoms with Crippen molar-refractivity contribution in [2.75, 3.05) is 17.8 Å². The van der Waals surface area contributed by atoms with Crippen LogP contribution < -0.4 is 4.72 Å². The third-order valence-corrected chi connectivity index (χ3v) is 5.99. The maximum absolute atomic E-state index is 12.5. The fourth-order valence-corrected chi connectivity index (χ4v) is 4.09. The van der Waals surface area contributed by atoms with Gasteiger partial charge in [0, 0.05) is 29.4 Å². The fourth-order valence-electron chi connectivity index (χ4n) is 2.77. The molecule has 7 heteroatoms. The van der Waals surface area contributed by atoms with Crippen molar-refractivity contribution in [3.05, 3.63) is 58.6 Å². The van der Waals surface area contributed by atoms with E-state index in [1.54, 1.807) is 42.2 Å². The van der Waals surface area contributed by atoms with Gasteiger partial charge in [0.05, 0.1) is 4.90 Å². The summed E-state index contributed by atoms with van der Waals surface area (Å²) in [7, 11) is -3.77. The molecule has 0 spiro atoms. The molecule has 0 radical (unpaired) electrons. The standard InChI is InChI=1S/C18H19ClN2O3S/c1-13-7-8-16(12-17(13)19)25(23,24)20-15-6-4-5-14(11-15)18(22)21-9-2-3-10-21/h4-8,11-12,20H,2-3,9-10H2,1H3. The molecule has 1 saturated heterocycles. The van der Waals surface area contributed by atoms with Gasteiger partial charge in [0.2, 0.25) is 0 Å². The number of amides is 1. The number of aryl methyl sites for hydroxylation is 1. The Morgan fingerprint density at radius 1 is 1.12 bits per heavy atom. The molecule has 2 aromatic rings. The summed E-state index contributed by atoms with van der Waals surface area (Å²) >= 11 is 6.02. The number of sulfonamides is 1. The lowest BCUT2D eigenvalue weighted by Gasteiger charge is -2.16. The van der Waals surface area contributed by atoms with E-state index in [1.165, 1.54) is 12.1 Å². The zero-order valence-electron chi connectivity index (χ0n) is 13.8. The monoisotopic (exact) mass is 378 g/mol. The van der Waals surface area contributed by atoms with Gasteiger partial charge in [0.1, 0.15) is 0 Å². The van der Waals surface area contributed by atoms with Crippen LogP contribution >= 0.6 is 11.6 Å². The Morgan fingerprint density at radius 2 is 1.84 bits per heavy atom. The van der Waals surface area contributed by atoms with Crippen LogP contribution in [0.2, 0.25) is 5.02 Å². The molecule has 1 amide bonds. The quantitative estimate of drug-likeness (QED) is 0.882. The van der Waals surface area contributed by atoms with E-state index < -0.39 is 10.0 Å². The minimum absolute atomic E-state index is 0.0723. The van der Waals surface area contributed by atoms with Crippen molar-refractivity contribution in [3.8, 4) is 0 Å². The minimum atomic E-state index is -3.77. The molecule has 0 unspecified atom stereocenters. The van der Waals surface area contributed by atoms with Crippen LogP contribution in [-0.2, 0) is 10.0 Å². The molecule has 25 heavy (non-hydrogen) atoms. The number of rotatable bonds is 4. The molecule has 132 valence electrons. The van der Waals surface area contributed by atoms with Crippen molar-refractivity contribution < 1.29 is 13.2 Å². The third kappa shape index (κ3) is 3.96. The smallest absolute Gasteiger partial charge is 0.261 e. The van der Waals surface area contributed by atoms with Gasteiger partial charge in [-0.25, -0.2) is 8.42 Å². The number of benzene rings is 2. The molecule has 0 saturated carbocycles. The highest BCUT2D eigenvalue weighted by atomic mass is 35.5. The number of nitrogens with one attached hydrogen (secondary N) is 1. The van der Waals surface area contributed by atoms with E-state index in [-0.39, 0.29) is 10.8 Å². The summed E-state index contributed by atoms with van der Waals surface area (Å²) in [6.07, 6.45) is 2.01. The molecule has 0 atom stereocenters. The Kier molecular flexibility index (Phi) is 5.01. The van der Waals surface area contributed by atoms with E-state index in [1.807, 2.05) is 0 Å². The van der Waals surface area contributed by atoms with E-state index in [0.29, 0.717) is 16.3 Å². The van der Waals surface area contributed by atoms with Gasteiger partial charge in [0.15, 0.2) is 0 Å². The topological polar surface area (TPSA) is 66.5 Å². The highest BCUT2D eigenvalue weighted by Gasteiger charge is 2.20. The largest absolute Gasteiger partial charge is 0.339 e. The predicted octanol–water partition coefficient (Wildman–Crippen LogP) is 3.69. The Bertz CT molecular complexity index is 906. The van der Waals surface area contributed by atoms with Gasteiger partial charge in [-0.1, -0.05) is 23.7 Å². The number of halogens is 1. The van der Waals surface area contributed by atoms with E-state index in [4.69, 9.17) is 11.6 Å². The summed E-state index contributed by atoms with van der Waals surface area (Å²) in [4.78, 5) is 14.3.